The summed E-state index contributed by atoms with van der Waals surface area (Å²) in [5, 5.41) is 20.5. The number of hydrogen-bond donors (Lipinski definition) is 1. The van der Waals surface area contributed by atoms with Gasteiger partial charge in [0.25, 0.3) is 10.1 Å². The number of ether oxygens (including phenoxy) is 1. The van der Waals surface area contributed by atoms with Crippen LogP contribution in [0.4, 0.5) is 17.1 Å². The van der Waals surface area contributed by atoms with E-state index in [0.29, 0.717) is 13.1 Å². The van der Waals surface area contributed by atoms with Gasteiger partial charge in [0.15, 0.2) is 0 Å². The number of rotatable bonds is 12. The van der Waals surface area contributed by atoms with Crippen molar-refractivity contribution in [3.63, 3.8) is 0 Å². The first-order valence-electron chi connectivity index (χ1n) is 12.0. The molecule has 0 bridgehead atoms. The van der Waals surface area contributed by atoms with Gasteiger partial charge in [0, 0.05) is 13.6 Å². The Labute approximate surface area is 295 Å². The number of anilines is 1. The topological polar surface area (TPSA) is 209 Å². The molecule has 19 heteroatoms. The van der Waals surface area contributed by atoms with Gasteiger partial charge in [-0.3, -0.25) is 8.86 Å². The zero-order valence-corrected chi connectivity index (χ0v) is 31.0. The zero-order valence-electron chi connectivity index (χ0n) is 24.5. The van der Waals surface area contributed by atoms with Crippen LogP contribution in [0.5, 0.6) is 11.5 Å². The van der Waals surface area contributed by atoms with Crippen molar-refractivity contribution in [2.24, 2.45) is 10.2 Å². The molecule has 0 saturated heterocycles. The van der Waals surface area contributed by atoms with Gasteiger partial charge >= 0.3 is 59.1 Å². The molecule has 3 aromatic carbocycles. The van der Waals surface area contributed by atoms with Gasteiger partial charge in [-0.15, -0.1) is 10.2 Å². The summed E-state index contributed by atoms with van der Waals surface area (Å²) in [6, 6.07) is 8.04. The minimum absolute atomic E-state index is 0. The summed E-state index contributed by atoms with van der Waals surface area (Å²) in [5.74, 6) is -1.23. The molecule has 3 aromatic rings. The fourth-order valence-electron chi connectivity index (χ4n) is 3.89. The monoisotopic (exact) mass is 674 g/mol. The maximum absolute atomic E-state index is 13.4. The minimum atomic E-state index is -5.09. The largest absolute Gasteiger partial charge is 1.00 e. The number of fused-ring (bicyclic) bond motifs is 1. The molecule has 0 radical (unpaired) electrons. The molecular weight excluding hydrogens is 646 g/mol. The van der Waals surface area contributed by atoms with E-state index in [9.17, 15) is 39.5 Å². The maximum Gasteiger partial charge on any atom is 1.00 e. The van der Waals surface area contributed by atoms with Gasteiger partial charge in [-0.1, -0.05) is 25.7 Å². The second-order valence-corrected chi connectivity index (χ2v) is 13.6. The van der Waals surface area contributed by atoms with Crippen molar-refractivity contribution in [1.82, 2.24) is 4.90 Å². The van der Waals surface area contributed by atoms with Gasteiger partial charge in [-0.25, -0.2) is 16.8 Å². The van der Waals surface area contributed by atoms with Crippen LogP contribution in [-0.4, -0.2) is 78.8 Å². The third-order valence-electron chi connectivity index (χ3n) is 6.33. The number of azo groups is 1. The predicted octanol–water partition coefficient (Wildman–Crippen LogP) is -3.40. The molecule has 0 saturated carbocycles. The molecule has 3 rings (SSSR count). The van der Waals surface area contributed by atoms with Gasteiger partial charge in [0.1, 0.15) is 26.5 Å². The number of benzene rings is 3. The third-order valence-corrected chi connectivity index (χ3v) is 9.81. The van der Waals surface area contributed by atoms with E-state index < -0.39 is 57.2 Å². The van der Waals surface area contributed by atoms with Gasteiger partial charge in [-0.05, 0) is 60.3 Å². The standard InChI is InChI=1S/C24H30N4O10S3.2Na/c1-5-28(6-2)11-12-39(30,31)27(3)17-8-7-16-13-22(41(35,36)37)23(24(29)19(16)14-17)26-25-20-10-9-18(38-4)15-21(20)40(32,33)34;;/h7-10,13-15,29H,5-6,11-12H2,1-4H3,(H,32,33,34)(H,35,36,37);;/q;2*+1/p-2. The van der Waals surface area contributed by atoms with Crippen LogP contribution in [0.15, 0.2) is 62.5 Å². The number of nitrogens with zero attached hydrogens (tertiary/aromatic N) is 4. The number of sulfonamides is 1. The van der Waals surface area contributed by atoms with Crippen LogP contribution in [0.1, 0.15) is 13.8 Å². The SMILES string of the molecule is CCN(CC)CCS(=O)(=O)N(C)c1ccc2cc(S(=O)(=O)O)c(N=Nc3ccc(OC)cc3S(=O)(=O)[O-])c([O-])c2c1.[Na+].[Na+]. The molecule has 43 heavy (non-hydrogen) atoms. The minimum Gasteiger partial charge on any atom is -0.871 e. The molecule has 0 aliphatic heterocycles. The molecule has 0 spiro atoms. The summed E-state index contributed by atoms with van der Waals surface area (Å²) < 4.78 is 101. The second-order valence-electron chi connectivity index (χ2n) is 8.73. The third kappa shape index (κ3) is 9.57. The average molecular weight is 675 g/mol. The van der Waals surface area contributed by atoms with Crippen LogP contribution >= 0.6 is 0 Å². The Balaban J connectivity index is 0.00000462. The van der Waals surface area contributed by atoms with Crippen molar-refractivity contribution in [3.05, 3.63) is 42.5 Å². The van der Waals surface area contributed by atoms with Crippen LogP contribution in [0.25, 0.3) is 10.8 Å². The Kier molecular flexibility index (Phi) is 14.6. The van der Waals surface area contributed by atoms with E-state index in [1.54, 1.807) is 0 Å². The maximum atomic E-state index is 13.4. The predicted molar refractivity (Wildman–Crippen MR) is 148 cm³/mol. The van der Waals surface area contributed by atoms with E-state index in [1.165, 1.54) is 38.4 Å². The second kappa shape index (κ2) is 15.8. The summed E-state index contributed by atoms with van der Waals surface area (Å²) in [7, 11) is -11.4. The Morgan fingerprint density at radius 2 is 1.53 bits per heavy atom. The van der Waals surface area contributed by atoms with Crippen molar-refractivity contribution >= 4 is 58.1 Å². The van der Waals surface area contributed by atoms with Crippen LogP contribution in [0.3, 0.4) is 0 Å². The molecule has 0 aromatic heterocycles. The van der Waals surface area contributed by atoms with Crippen molar-refractivity contribution in [2.45, 2.75) is 23.6 Å². The fourth-order valence-corrected chi connectivity index (χ4v) is 6.37. The number of hydrogen-bond acceptors (Lipinski definition) is 12. The molecule has 14 nitrogen and oxygen atoms in total. The Morgan fingerprint density at radius 3 is 2.07 bits per heavy atom. The van der Waals surface area contributed by atoms with Crippen molar-refractivity contribution in [2.75, 3.05) is 43.8 Å². The Hall–Kier alpha value is -1.35. The first-order chi connectivity index (χ1) is 19.0. The van der Waals surface area contributed by atoms with Crippen molar-refractivity contribution in [3.8, 4) is 11.5 Å². The summed E-state index contributed by atoms with van der Waals surface area (Å²) in [6.45, 7) is 5.43. The van der Waals surface area contributed by atoms with Crippen molar-refractivity contribution < 1.29 is 103 Å². The van der Waals surface area contributed by atoms with E-state index >= 15 is 0 Å². The van der Waals surface area contributed by atoms with E-state index in [1.807, 2.05) is 18.7 Å². The fraction of sp³-hybridized carbons (Fsp3) is 0.333. The molecule has 0 aliphatic rings. The zero-order chi connectivity index (χ0) is 30.8. The van der Waals surface area contributed by atoms with Gasteiger partial charge in [0.05, 0.1) is 29.1 Å². The van der Waals surface area contributed by atoms with Crippen molar-refractivity contribution in [1.29, 1.82) is 0 Å². The molecule has 0 unspecified atom stereocenters. The van der Waals surface area contributed by atoms with E-state index in [2.05, 4.69) is 10.2 Å². The molecule has 224 valence electrons. The molecule has 0 heterocycles. The normalized spacial score (nSPS) is 12.3. The summed E-state index contributed by atoms with van der Waals surface area (Å²) in [5.41, 5.74) is -1.30. The quantitative estimate of drug-likeness (QED) is 0.114. The van der Waals surface area contributed by atoms with Gasteiger partial charge < -0.3 is 19.3 Å². The summed E-state index contributed by atoms with van der Waals surface area (Å²) in [4.78, 5) is 0.162. The molecule has 1 N–H and O–H groups in total. The van der Waals surface area contributed by atoms with E-state index in [4.69, 9.17) is 4.74 Å². The Bertz CT molecular complexity index is 1820. The first kappa shape index (κ1) is 39.7. The Morgan fingerprint density at radius 1 is 0.907 bits per heavy atom. The van der Waals surface area contributed by atoms with Crippen LogP contribution < -0.4 is 73.3 Å². The smallest absolute Gasteiger partial charge is 0.871 e. The average Bonchev–Trinajstić information content (AvgIpc) is 2.91. The summed E-state index contributed by atoms with van der Waals surface area (Å²) >= 11 is 0. The molecule has 0 amide bonds. The molecule has 0 aliphatic carbocycles. The first-order valence-corrected chi connectivity index (χ1v) is 16.5. The molecule has 0 atom stereocenters. The summed E-state index contributed by atoms with van der Waals surface area (Å²) in [6.07, 6.45) is 0. The van der Waals surface area contributed by atoms with E-state index in [0.717, 1.165) is 22.5 Å². The van der Waals surface area contributed by atoms with Crippen LogP contribution in [-0.2, 0) is 30.3 Å². The number of methoxy groups -OCH3 is 1. The van der Waals surface area contributed by atoms with Gasteiger partial charge in [0.2, 0.25) is 10.0 Å². The van der Waals surface area contributed by atoms with Gasteiger partial charge in [-0.2, -0.15) is 8.42 Å². The molecular formula is C24H28N4Na2O10S3. The van der Waals surface area contributed by atoms with E-state index in [-0.39, 0.29) is 93.6 Å². The van der Waals surface area contributed by atoms with Crippen LogP contribution in [0, 0.1) is 0 Å². The van der Waals surface area contributed by atoms with Crippen LogP contribution in [0.2, 0.25) is 0 Å². The molecule has 0 fully saturated rings.